The molecule has 15 heavy (non-hydrogen) atoms. The second-order valence-electron chi connectivity index (χ2n) is 4.20. The number of hydrogen-bond donors (Lipinski definition) is 2. The molecular weight excluding hydrogens is 200 g/mol. The van der Waals surface area contributed by atoms with E-state index in [9.17, 15) is 13.9 Å². The fourth-order valence-corrected chi connectivity index (χ4v) is 1.72. The maximum atomic E-state index is 13.4. The monoisotopic (exact) mass is 213 g/mol. The van der Waals surface area contributed by atoms with Gasteiger partial charge in [-0.3, -0.25) is 0 Å². The van der Waals surface area contributed by atoms with Gasteiger partial charge in [0.1, 0.15) is 11.6 Å². The van der Waals surface area contributed by atoms with Gasteiger partial charge in [-0.1, -0.05) is 0 Å². The minimum Gasteiger partial charge on any atom is -0.387 e. The summed E-state index contributed by atoms with van der Waals surface area (Å²) in [4.78, 5) is 0. The minimum absolute atomic E-state index is 0.156. The van der Waals surface area contributed by atoms with Gasteiger partial charge in [0.05, 0.1) is 5.60 Å². The number of aliphatic hydroxyl groups is 1. The van der Waals surface area contributed by atoms with Crippen LogP contribution in [0, 0.1) is 18.6 Å². The third-order valence-electron chi connectivity index (χ3n) is 2.76. The van der Waals surface area contributed by atoms with Crippen LogP contribution in [0.15, 0.2) is 12.1 Å². The Bertz CT molecular complexity index is 388. The van der Waals surface area contributed by atoms with Gasteiger partial charge in [-0.2, -0.15) is 0 Å². The Hall–Kier alpha value is -1.00. The standard InChI is InChI=1S/C11H13F2NO/c1-7-2-10(13)8(3-9(7)12)4-11(15)5-14-6-11/h2-3,14-15H,4-6H2,1H3. The molecule has 0 aromatic heterocycles. The maximum absolute atomic E-state index is 13.4. The smallest absolute Gasteiger partial charge is 0.126 e. The molecule has 0 saturated carbocycles. The van der Waals surface area contributed by atoms with Gasteiger partial charge in [0.15, 0.2) is 0 Å². The molecule has 82 valence electrons. The van der Waals surface area contributed by atoms with Crippen molar-refractivity contribution in [3.05, 3.63) is 34.9 Å². The van der Waals surface area contributed by atoms with E-state index >= 15 is 0 Å². The van der Waals surface area contributed by atoms with Crippen molar-refractivity contribution in [3.63, 3.8) is 0 Å². The van der Waals surface area contributed by atoms with Crippen molar-refractivity contribution in [2.45, 2.75) is 18.9 Å². The molecule has 2 N–H and O–H groups in total. The molecule has 1 fully saturated rings. The molecule has 0 amide bonds. The highest BCUT2D eigenvalue weighted by Gasteiger charge is 2.35. The first-order chi connectivity index (χ1) is 7.00. The summed E-state index contributed by atoms with van der Waals surface area (Å²) in [6, 6.07) is 2.33. The highest BCUT2D eigenvalue weighted by atomic mass is 19.1. The molecule has 0 aliphatic carbocycles. The first-order valence-corrected chi connectivity index (χ1v) is 4.88. The van der Waals surface area contributed by atoms with Crippen LogP contribution in [0.2, 0.25) is 0 Å². The van der Waals surface area contributed by atoms with Crippen LogP contribution in [-0.2, 0) is 6.42 Å². The summed E-state index contributed by atoms with van der Waals surface area (Å²) in [6.45, 7) is 2.38. The van der Waals surface area contributed by atoms with Gasteiger partial charge in [-0.25, -0.2) is 8.78 Å². The van der Waals surface area contributed by atoms with Crippen LogP contribution in [0.25, 0.3) is 0 Å². The molecular formula is C11H13F2NO. The highest BCUT2D eigenvalue weighted by molar-refractivity contribution is 5.27. The number of rotatable bonds is 2. The van der Waals surface area contributed by atoms with E-state index in [4.69, 9.17) is 0 Å². The molecule has 4 heteroatoms. The molecule has 1 aliphatic heterocycles. The topological polar surface area (TPSA) is 32.3 Å². The molecule has 0 spiro atoms. The molecule has 0 radical (unpaired) electrons. The van der Waals surface area contributed by atoms with Crippen molar-refractivity contribution in [1.82, 2.24) is 5.32 Å². The van der Waals surface area contributed by atoms with Crippen molar-refractivity contribution in [3.8, 4) is 0 Å². The lowest BCUT2D eigenvalue weighted by Gasteiger charge is -2.37. The summed E-state index contributed by atoms with van der Waals surface area (Å²) in [5.41, 5.74) is -0.389. The highest BCUT2D eigenvalue weighted by Crippen LogP contribution is 2.22. The van der Waals surface area contributed by atoms with E-state index in [1.165, 1.54) is 19.1 Å². The average molecular weight is 213 g/mol. The van der Waals surface area contributed by atoms with Crippen LogP contribution >= 0.6 is 0 Å². The third kappa shape index (κ3) is 2.01. The molecule has 1 saturated heterocycles. The fraction of sp³-hybridized carbons (Fsp3) is 0.455. The molecule has 0 atom stereocenters. The number of benzene rings is 1. The van der Waals surface area contributed by atoms with Crippen LogP contribution < -0.4 is 5.32 Å². The molecule has 2 rings (SSSR count). The first kappa shape index (κ1) is 10.5. The van der Waals surface area contributed by atoms with Gasteiger partial charge in [-0.05, 0) is 30.2 Å². The Labute approximate surface area is 86.9 Å². The average Bonchev–Trinajstić information content (AvgIpc) is 2.11. The summed E-state index contributed by atoms with van der Waals surface area (Å²) in [7, 11) is 0. The third-order valence-corrected chi connectivity index (χ3v) is 2.76. The Kier molecular flexibility index (Phi) is 2.48. The number of β-amino-alcohol motifs (C(OH)–C–C–N with tert-alkyl or cyclic N) is 1. The van der Waals surface area contributed by atoms with E-state index in [1.54, 1.807) is 0 Å². The van der Waals surface area contributed by atoms with Crippen molar-refractivity contribution in [1.29, 1.82) is 0 Å². The van der Waals surface area contributed by atoms with Crippen LogP contribution in [0.4, 0.5) is 8.78 Å². The van der Waals surface area contributed by atoms with Gasteiger partial charge >= 0.3 is 0 Å². The maximum Gasteiger partial charge on any atom is 0.126 e. The lowest BCUT2D eigenvalue weighted by molar-refractivity contribution is -0.00973. The Balaban J connectivity index is 2.24. The fourth-order valence-electron chi connectivity index (χ4n) is 1.72. The van der Waals surface area contributed by atoms with Crippen LogP contribution in [0.3, 0.4) is 0 Å². The summed E-state index contributed by atoms with van der Waals surface area (Å²) in [5, 5.41) is 12.7. The molecule has 2 nitrogen and oxygen atoms in total. The molecule has 1 aromatic carbocycles. The van der Waals surface area contributed by atoms with Crippen LogP contribution in [0.5, 0.6) is 0 Å². The number of halogens is 2. The van der Waals surface area contributed by atoms with Crippen molar-refractivity contribution in [2.75, 3.05) is 13.1 Å². The normalized spacial score (nSPS) is 18.7. The Morgan fingerprint density at radius 1 is 1.33 bits per heavy atom. The molecule has 1 heterocycles. The van der Waals surface area contributed by atoms with Gasteiger partial charge in [0, 0.05) is 19.5 Å². The largest absolute Gasteiger partial charge is 0.387 e. The Morgan fingerprint density at radius 2 is 2.00 bits per heavy atom. The predicted molar refractivity (Wildman–Crippen MR) is 52.6 cm³/mol. The van der Waals surface area contributed by atoms with E-state index < -0.39 is 17.2 Å². The van der Waals surface area contributed by atoms with Gasteiger partial charge in [-0.15, -0.1) is 0 Å². The first-order valence-electron chi connectivity index (χ1n) is 4.88. The van der Waals surface area contributed by atoms with E-state index in [1.807, 2.05) is 0 Å². The van der Waals surface area contributed by atoms with E-state index in [2.05, 4.69) is 5.32 Å². The lowest BCUT2D eigenvalue weighted by Crippen LogP contribution is -2.60. The summed E-state index contributed by atoms with van der Waals surface area (Å²) in [5.74, 6) is -0.878. The van der Waals surface area contributed by atoms with Gasteiger partial charge in [0.2, 0.25) is 0 Å². The molecule has 1 aromatic rings. The van der Waals surface area contributed by atoms with E-state index in [-0.39, 0.29) is 17.5 Å². The predicted octanol–water partition coefficient (Wildman–Crippen LogP) is 1.15. The van der Waals surface area contributed by atoms with Gasteiger partial charge in [0.25, 0.3) is 0 Å². The summed E-state index contributed by atoms with van der Waals surface area (Å²) in [6.07, 6.45) is 0.156. The zero-order valence-electron chi connectivity index (χ0n) is 8.48. The van der Waals surface area contributed by atoms with Crippen molar-refractivity contribution < 1.29 is 13.9 Å². The molecule has 0 bridgehead atoms. The Morgan fingerprint density at radius 3 is 2.53 bits per heavy atom. The number of nitrogens with one attached hydrogen (secondary N) is 1. The quantitative estimate of drug-likeness (QED) is 0.772. The van der Waals surface area contributed by atoms with Crippen LogP contribution in [-0.4, -0.2) is 23.8 Å². The molecule has 1 aliphatic rings. The van der Waals surface area contributed by atoms with Crippen LogP contribution in [0.1, 0.15) is 11.1 Å². The number of aryl methyl sites for hydroxylation is 1. The lowest BCUT2D eigenvalue weighted by atomic mass is 9.88. The SMILES string of the molecule is Cc1cc(F)c(CC2(O)CNC2)cc1F. The zero-order valence-corrected chi connectivity index (χ0v) is 8.48. The summed E-state index contributed by atoms with van der Waals surface area (Å²) >= 11 is 0. The van der Waals surface area contributed by atoms with Gasteiger partial charge < -0.3 is 10.4 Å². The van der Waals surface area contributed by atoms with Crippen molar-refractivity contribution >= 4 is 0 Å². The molecule has 0 unspecified atom stereocenters. The van der Waals surface area contributed by atoms with E-state index in [0.29, 0.717) is 13.1 Å². The summed E-state index contributed by atoms with van der Waals surface area (Å²) < 4.78 is 26.6. The second-order valence-corrected chi connectivity index (χ2v) is 4.20. The number of hydrogen-bond acceptors (Lipinski definition) is 2. The zero-order chi connectivity index (χ0) is 11.1. The van der Waals surface area contributed by atoms with E-state index in [0.717, 1.165) is 0 Å². The minimum atomic E-state index is -0.914. The second kappa shape index (κ2) is 3.54. The van der Waals surface area contributed by atoms with Crippen molar-refractivity contribution in [2.24, 2.45) is 0 Å².